The topological polar surface area (TPSA) is 175 Å². The summed E-state index contributed by atoms with van der Waals surface area (Å²) in [7, 11) is 0. The fourth-order valence-corrected chi connectivity index (χ4v) is 8.47. The van der Waals surface area contributed by atoms with E-state index >= 15 is 0 Å². The van der Waals surface area contributed by atoms with Gasteiger partial charge in [-0.2, -0.15) is 0 Å². The van der Waals surface area contributed by atoms with Crippen LogP contribution >= 0.6 is 0 Å². The van der Waals surface area contributed by atoms with Crippen molar-refractivity contribution >= 4 is 11.9 Å². The number of carbonyl (C=O) groups is 2. The molecule has 11 heteroatoms. The molecule has 1 saturated heterocycles. The fourth-order valence-electron chi connectivity index (χ4n) is 8.47. The number of aliphatic hydroxyl groups is 5. The summed E-state index contributed by atoms with van der Waals surface area (Å²) in [6.07, 6.45) is 45.2. The molecule has 0 aromatic heterocycles. The molecule has 0 spiro atoms. The number of aliphatic hydroxyl groups excluding tert-OH is 5. The van der Waals surface area contributed by atoms with Gasteiger partial charge in [0, 0.05) is 12.8 Å². The molecule has 0 bridgehead atoms. The lowest BCUT2D eigenvalue weighted by Gasteiger charge is -2.40. The van der Waals surface area contributed by atoms with Crippen molar-refractivity contribution < 1.29 is 49.3 Å². The Kier molecular flexibility index (Phi) is 43.4. The average molecular weight is 950 g/mol. The second-order valence-corrected chi connectivity index (χ2v) is 19.3. The number of amides is 1. The Balaban J connectivity index is 2.08. The van der Waals surface area contributed by atoms with Crippen LogP contribution in [0.3, 0.4) is 0 Å². The van der Waals surface area contributed by atoms with E-state index in [4.69, 9.17) is 14.2 Å². The molecule has 1 aliphatic heterocycles. The van der Waals surface area contributed by atoms with Crippen molar-refractivity contribution in [3.63, 3.8) is 0 Å². The van der Waals surface area contributed by atoms with E-state index in [2.05, 4.69) is 43.5 Å². The number of unbranched alkanes of at least 4 members (excludes halogenated alkanes) is 29. The van der Waals surface area contributed by atoms with Crippen LogP contribution in [0.5, 0.6) is 0 Å². The van der Waals surface area contributed by atoms with Gasteiger partial charge in [0.25, 0.3) is 0 Å². The van der Waals surface area contributed by atoms with E-state index in [1.807, 2.05) is 6.08 Å². The number of rotatable bonds is 47. The zero-order chi connectivity index (χ0) is 48.8. The van der Waals surface area contributed by atoms with Crippen molar-refractivity contribution in [1.29, 1.82) is 0 Å². The predicted octanol–water partition coefficient (Wildman–Crippen LogP) is 11.9. The zero-order valence-electron chi connectivity index (χ0n) is 42.9. The van der Waals surface area contributed by atoms with Crippen molar-refractivity contribution in [2.45, 2.75) is 288 Å². The summed E-state index contributed by atoms with van der Waals surface area (Å²) in [5.74, 6) is -0.217. The molecule has 1 heterocycles. The predicted molar refractivity (Wildman–Crippen MR) is 274 cm³/mol. The lowest BCUT2D eigenvalue weighted by molar-refractivity contribution is -0.302. The van der Waals surface area contributed by atoms with Crippen molar-refractivity contribution in [3.8, 4) is 0 Å². The van der Waals surface area contributed by atoms with Gasteiger partial charge in [0.2, 0.25) is 5.91 Å². The number of carbonyl (C=O) groups excluding carboxylic acids is 2. The maximum absolute atomic E-state index is 13.0. The lowest BCUT2D eigenvalue weighted by Crippen LogP contribution is -2.60. The monoisotopic (exact) mass is 950 g/mol. The number of hydrogen-bond acceptors (Lipinski definition) is 10. The van der Waals surface area contributed by atoms with Crippen LogP contribution in [0.4, 0.5) is 0 Å². The van der Waals surface area contributed by atoms with Gasteiger partial charge in [0.05, 0.1) is 32.0 Å². The maximum atomic E-state index is 13.0. The Bertz CT molecular complexity index is 1210. The van der Waals surface area contributed by atoms with E-state index in [1.165, 1.54) is 135 Å². The van der Waals surface area contributed by atoms with Crippen LogP contribution < -0.4 is 5.32 Å². The van der Waals surface area contributed by atoms with Crippen LogP contribution in [-0.4, -0.2) is 100 Å². The molecule has 0 aromatic rings. The highest BCUT2D eigenvalue weighted by molar-refractivity contribution is 5.76. The molecule has 1 fully saturated rings. The largest absolute Gasteiger partial charge is 0.466 e. The van der Waals surface area contributed by atoms with Crippen molar-refractivity contribution in [1.82, 2.24) is 5.32 Å². The Morgan fingerprint density at radius 3 is 1.48 bits per heavy atom. The Morgan fingerprint density at radius 1 is 0.537 bits per heavy atom. The molecule has 0 saturated carbocycles. The third-order valence-corrected chi connectivity index (χ3v) is 13.0. The summed E-state index contributed by atoms with van der Waals surface area (Å²) in [4.78, 5) is 25.0. The van der Waals surface area contributed by atoms with Gasteiger partial charge in [-0.1, -0.05) is 192 Å². The SMILES string of the molecule is CCCC/C=C\CCCCCCCC(=O)OCCCCCCCCCC/C=C\CCCCCCCCCC(=O)NC(COC1OC(CO)C(O)C(O)C1O)C(O)/C=C/CCCCCCCCC. The van der Waals surface area contributed by atoms with Gasteiger partial charge in [0.1, 0.15) is 24.4 Å². The molecule has 67 heavy (non-hydrogen) atoms. The number of allylic oxidation sites excluding steroid dienone is 5. The van der Waals surface area contributed by atoms with Gasteiger partial charge < -0.3 is 45.1 Å². The smallest absolute Gasteiger partial charge is 0.305 e. The quantitative estimate of drug-likeness (QED) is 0.0196. The van der Waals surface area contributed by atoms with E-state index in [1.54, 1.807) is 6.08 Å². The molecule has 0 aliphatic carbocycles. The molecule has 6 N–H and O–H groups in total. The van der Waals surface area contributed by atoms with Gasteiger partial charge >= 0.3 is 5.97 Å². The molecule has 0 radical (unpaired) electrons. The average Bonchev–Trinajstić information content (AvgIpc) is 3.32. The summed E-state index contributed by atoms with van der Waals surface area (Å²) < 4.78 is 16.6. The summed E-state index contributed by atoms with van der Waals surface area (Å²) in [5, 5.41) is 54.1. The Labute approximate surface area is 409 Å². The van der Waals surface area contributed by atoms with Crippen molar-refractivity contribution in [2.24, 2.45) is 0 Å². The van der Waals surface area contributed by atoms with Gasteiger partial charge in [-0.25, -0.2) is 0 Å². The van der Waals surface area contributed by atoms with Gasteiger partial charge in [-0.15, -0.1) is 0 Å². The maximum Gasteiger partial charge on any atom is 0.305 e. The Hall–Kier alpha value is -2.12. The Morgan fingerprint density at radius 2 is 0.970 bits per heavy atom. The molecule has 392 valence electrons. The third kappa shape index (κ3) is 36.5. The van der Waals surface area contributed by atoms with Crippen LogP contribution in [0.1, 0.15) is 245 Å². The van der Waals surface area contributed by atoms with Crippen LogP contribution in [0.2, 0.25) is 0 Å². The molecule has 0 aromatic carbocycles. The fraction of sp³-hybridized carbons (Fsp3) is 0.857. The first-order valence-corrected chi connectivity index (χ1v) is 27.8. The molecule has 1 amide bonds. The second-order valence-electron chi connectivity index (χ2n) is 19.3. The number of esters is 1. The summed E-state index contributed by atoms with van der Waals surface area (Å²) in [5.41, 5.74) is 0. The highest BCUT2D eigenvalue weighted by Gasteiger charge is 2.44. The second kappa shape index (κ2) is 46.3. The van der Waals surface area contributed by atoms with E-state index in [0.717, 1.165) is 83.5 Å². The first-order chi connectivity index (χ1) is 32.7. The van der Waals surface area contributed by atoms with E-state index < -0.39 is 49.5 Å². The highest BCUT2D eigenvalue weighted by atomic mass is 16.7. The summed E-state index contributed by atoms with van der Waals surface area (Å²) in [6.45, 7) is 4.25. The van der Waals surface area contributed by atoms with Gasteiger partial charge in [-0.3, -0.25) is 9.59 Å². The standard InChI is InChI=1S/C56H103NO10/c1-3-5-7-9-11-13-23-28-32-36-40-44-52(61)65-45-41-37-33-29-25-22-20-18-16-14-15-17-19-21-24-27-31-35-39-43-51(60)57-48(49(59)42-38-34-30-26-12-10-8-6-4-2)47-66-56-55(64)54(63)53(62)50(46-58)67-56/h9,11,14-15,38,42,48-50,53-56,58-59,62-64H,3-8,10,12-13,16-37,39-41,43-47H2,1-2H3,(H,57,60)/b11-9-,15-14-,42-38+. The molecular weight excluding hydrogens is 847 g/mol. The number of nitrogens with one attached hydrogen (secondary N) is 1. The van der Waals surface area contributed by atoms with Crippen molar-refractivity contribution in [2.75, 3.05) is 19.8 Å². The first-order valence-electron chi connectivity index (χ1n) is 27.8. The third-order valence-electron chi connectivity index (χ3n) is 13.0. The van der Waals surface area contributed by atoms with E-state index in [0.29, 0.717) is 19.4 Å². The first kappa shape index (κ1) is 62.9. The van der Waals surface area contributed by atoms with Crippen LogP contribution in [0, 0.1) is 0 Å². The normalized spacial score (nSPS) is 19.8. The van der Waals surface area contributed by atoms with Crippen LogP contribution in [-0.2, 0) is 23.8 Å². The molecule has 7 unspecified atom stereocenters. The molecular formula is C56H103NO10. The minimum Gasteiger partial charge on any atom is -0.466 e. The molecule has 1 aliphatic rings. The zero-order valence-corrected chi connectivity index (χ0v) is 42.9. The minimum atomic E-state index is -1.57. The van der Waals surface area contributed by atoms with Gasteiger partial charge in [-0.05, 0) is 77.0 Å². The van der Waals surface area contributed by atoms with Crippen molar-refractivity contribution in [3.05, 3.63) is 36.5 Å². The van der Waals surface area contributed by atoms with E-state index in [-0.39, 0.29) is 18.5 Å². The minimum absolute atomic E-state index is 0.0227. The summed E-state index contributed by atoms with van der Waals surface area (Å²) >= 11 is 0. The number of hydrogen-bond donors (Lipinski definition) is 6. The van der Waals surface area contributed by atoms with Crippen LogP contribution in [0.25, 0.3) is 0 Å². The molecule has 11 nitrogen and oxygen atoms in total. The lowest BCUT2D eigenvalue weighted by atomic mass is 9.99. The highest BCUT2D eigenvalue weighted by Crippen LogP contribution is 2.23. The van der Waals surface area contributed by atoms with Crippen LogP contribution in [0.15, 0.2) is 36.5 Å². The summed E-state index contributed by atoms with van der Waals surface area (Å²) in [6, 6.07) is -0.815. The van der Waals surface area contributed by atoms with E-state index in [9.17, 15) is 35.1 Å². The molecule has 7 atom stereocenters. The number of ether oxygens (including phenoxy) is 3. The molecule has 1 rings (SSSR count). The van der Waals surface area contributed by atoms with Gasteiger partial charge in [0.15, 0.2) is 6.29 Å².